The number of hydrogen-bond donors (Lipinski definition) is 1. The highest BCUT2D eigenvalue weighted by Crippen LogP contribution is 2.59. The van der Waals surface area contributed by atoms with E-state index in [0.717, 1.165) is 24.8 Å². The van der Waals surface area contributed by atoms with Crippen LogP contribution in [0.25, 0.3) is 0 Å². The van der Waals surface area contributed by atoms with Crippen molar-refractivity contribution < 1.29 is 9.53 Å². The van der Waals surface area contributed by atoms with Gasteiger partial charge in [-0.2, -0.15) is 5.26 Å². The van der Waals surface area contributed by atoms with Crippen LogP contribution in [0.4, 0.5) is 0 Å². The zero-order chi connectivity index (χ0) is 17.4. The molecule has 3 rings (SSSR count). The zero-order valence-electron chi connectivity index (χ0n) is 14.3. The molecule has 24 heavy (non-hydrogen) atoms. The number of esters is 1. The lowest BCUT2D eigenvalue weighted by Crippen LogP contribution is -2.47. The summed E-state index contributed by atoms with van der Waals surface area (Å²) in [6.45, 7) is 3.81. The van der Waals surface area contributed by atoms with E-state index in [-0.39, 0.29) is 12.3 Å². The fraction of sp³-hybridized carbons (Fsp3) is 0.500. The number of rotatable bonds is 5. The van der Waals surface area contributed by atoms with Gasteiger partial charge >= 0.3 is 5.97 Å². The molecule has 4 nitrogen and oxygen atoms in total. The monoisotopic (exact) mass is 324 g/mol. The van der Waals surface area contributed by atoms with Gasteiger partial charge in [-0.1, -0.05) is 48.9 Å². The molecular formula is C20H24N2O2. The van der Waals surface area contributed by atoms with Gasteiger partial charge in [-0.05, 0) is 38.0 Å². The number of carbonyl (C=O) groups is 1. The summed E-state index contributed by atoms with van der Waals surface area (Å²) < 4.78 is 5.53. The molecule has 2 aliphatic carbocycles. The number of nitrogens with zero attached hydrogens (tertiary/aromatic N) is 1. The van der Waals surface area contributed by atoms with E-state index < -0.39 is 17.1 Å². The van der Waals surface area contributed by atoms with Crippen LogP contribution in [0.5, 0.6) is 0 Å². The smallest absolute Gasteiger partial charge is 0.309 e. The van der Waals surface area contributed by atoms with Gasteiger partial charge in [0, 0.05) is 5.56 Å². The number of nitriles is 1. The van der Waals surface area contributed by atoms with Crippen LogP contribution in [-0.2, 0) is 15.3 Å². The molecule has 4 heteroatoms. The first-order chi connectivity index (χ1) is 11.4. The third-order valence-electron chi connectivity index (χ3n) is 5.52. The normalized spacial score (nSPS) is 30.3. The summed E-state index contributed by atoms with van der Waals surface area (Å²) in [5, 5.41) is 9.69. The minimum absolute atomic E-state index is 0.109. The van der Waals surface area contributed by atoms with E-state index in [4.69, 9.17) is 10.5 Å². The van der Waals surface area contributed by atoms with E-state index in [9.17, 15) is 10.1 Å². The van der Waals surface area contributed by atoms with Gasteiger partial charge in [0.1, 0.15) is 0 Å². The van der Waals surface area contributed by atoms with Gasteiger partial charge < -0.3 is 4.74 Å². The lowest BCUT2D eigenvalue weighted by atomic mass is 9.54. The molecule has 0 unspecified atom stereocenters. The van der Waals surface area contributed by atoms with Gasteiger partial charge in [0.05, 0.1) is 17.9 Å². The molecule has 0 aromatic heterocycles. The largest absolute Gasteiger partial charge is 0.440 e. The first-order valence-corrected chi connectivity index (χ1v) is 8.57. The Balaban J connectivity index is 1.69. The molecule has 126 valence electrons. The van der Waals surface area contributed by atoms with Crippen molar-refractivity contribution in [2.45, 2.75) is 45.3 Å². The first kappa shape index (κ1) is 16.7. The van der Waals surface area contributed by atoms with Gasteiger partial charge in [0.25, 0.3) is 0 Å². The summed E-state index contributed by atoms with van der Waals surface area (Å²) in [6, 6.07) is 11.7. The van der Waals surface area contributed by atoms with E-state index in [1.807, 2.05) is 30.3 Å². The molecule has 0 spiro atoms. The summed E-state index contributed by atoms with van der Waals surface area (Å²) in [5.74, 6) is 0.304. The average molecular weight is 324 g/mol. The van der Waals surface area contributed by atoms with Gasteiger partial charge in [-0.3, -0.25) is 10.5 Å². The van der Waals surface area contributed by atoms with Gasteiger partial charge in [0.2, 0.25) is 0 Å². The highest BCUT2D eigenvalue weighted by Gasteiger charge is 2.56. The van der Waals surface area contributed by atoms with E-state index in [0.29, 0.717) is 5.92 Å². The summed E-state index contributed by atoms with van der Waals surface area (Å²) >= 11 is 0. The van der Waals surface area contributed by atoms with Crippen molar-refractivity contribution in [3.63, 3.8) is 0 Å². The van der Waals surface area contributed by atoms with E-state index >= 15 is 0 Å². The number of fused-ring (bicyclic) bond motifs is 1. The molecule has 2 aliphatic rings. The molecule has 1 saturated carbocycles. The summed E-state index contributed by atoms with van der Waals surface area (Å²) in [7, 11) is 0. The maximum Gasteiger partial charge on any atom is 0.309 e. The molecule has 0 radical (unpaired) electrons. The molecule has 1 aromatic carbocycles. The SMILES string of the molecule is CCC1=C[C@@H]2[C@@H](C1)C[C@]2(C#N)CC(=O)O[C@@](C)(N)c1ccccc1. The molecule has 0 saturated heterocycles. The molecule has 0 bridgehead atoms. The Morgan fingerprint density at radius 1 is 1.46 bits per heavy atom. The molecular weight excluding hydrogens is 300 g/mol. The van der Waals surface area contributed by atoms with Crippen LogP contribution in [0.1, 0.15) is 45.1 Å². The fourth-order valence-electron chi connectivity index (χ4n) is 4.15. The van der Waals surface area contributed by atoms with Gasteiger partial charge in [0.15, 0.2) is 5.72 Å². The van der Waals surface area contributed by atoms with Crippen LogP contribution in [0.2, 0.25) is 0 Å². The fourth-order valence-corrected chi connectivity index (χ4v) is 4.15. The van der Waals surface area contributed by atoms with Crippen LogP contribution in [0, 0.1) is 28.6 Å². The second-order valence-electron chi connectivity index (χ2n) is 7.26. The van der Waals surface area contributed by atoms with Gasteiger partial charge in [-0.25, -0.2) is 0 Å². The van der Waals surface area contributed by atoms with Gasteiger partial charge in [-0.15, -0.1) is 0 Å². The maximum absolute atomic E-state index is 12.5. The van der Waals surface area contributed by atoms with E-state index in [1.165, 1.54) is 5.57 Å². The van der Waals surface area contributed by atoms with E-state index in [1.54, 1.807) is 6.92 Å². The molecule has 0 aliphatic heterocycles. The number of carbonyl (C=O) groups excluding carboxylic acids is 1. The predicted octanol–water partition coefficient (Wildman–Crippen LogP) is 3.64. The molecule has 0 amide bonds. The highest BCUT2D eigenvalue weighted by atomic mass is 16.6. The Morgan fingerprint density at radius 3 is 2.79 bits per heavy atom. The standard InChI is InChI=1S/C20H24N2O2/c1-3-14-9-15-11-20(13-21,17(15)10-14)12-18(23)24-19(2,22)16-7-5-4-6-8-16/h4-8,10,15,17H,3,9,11-12,22H2,1-2H3/t15-,17+,19+,20+/m0/s1. The number of benzene rings is 1. The second-order valence-corrected chi connectivity index (χ2v) is 7.26. The summed E-state index contributed by atoms with van der Waals surface area (Å²) in [6.07, 6.45) is 5.18. The maximum atomic E-state index is 12.5. The Labute approximate surface area is 143 Å². The summed E-state index contributed by atoms with van der Waals surface area (Å²) in [4.78, 5) is 12.5. The first-order valence-electron chi connectivity index (χ1n) is 8.57. The zero-order valence-corrected chi connectivity index (χ0v) is 14.3. The number of ether oxygens (including phenoxy) is 1. The van der Waals surface area contributed by atoms with Crippen molar-refractivity contribution in [1.29, 1.82) is 5.26 Å². The highest BCUT2D eigenvalue weighted by molar-refractivity contribution is 5.72. The number of nitrogens with two attached hydrogens (primary N) is 1. The van der Waals surface area contributed by atoms with Crippen LogP contribution >= 0.6 is 0 Å². The number of allylic oxidation sites excluding steroid dienone is 2. The van der Waals surface area contributed by atoms with Crippen molar-refractivity contribution in [2.75, 3.05) is 0 Å². The van der Waals surface area contributed by atoms with Crippen LogP contribution in [-0.4, -0.2) is 5.97 Å². The third kappa shape index (κ3) is 2.85. The van der Waals surface area contributed by atoms with Crippen molar-refractivity contribution in [3.05, 3.63) is 47.5 Å². The Morgan fingerprint density at radius 2 is 2.17 bits per heavy atom. The molecule has 4 atom stereocenters. The summed E-state index contributed by atoms with van der Waals surface area (Å²) in [5.41, 5.74) is 6.52. The molecule has 0 heterocycles. The van der Waals surface area contributed by atoms with Crippen molar-refractivity contribution in [3.8, 4) is 6.07 Å². The van der Waals surface area contributed by atoms with Crippen molar-refractivity contribution in [2.24, 2.45) is 23.0 Å². The number of hydrogen-bond acceptors (Lipinski definition) is 4. The van der Waals surface area contributed by atoms with Crippen LogP contribution in [0.15, 0.2) is 42.0 Å². The predicted molar refractivity (Wildman–Crippen MR) is 91.3 cm³/mol. The minimum atomic E-state index is -1.18. The lowest BCUT2D eigenvalue weighted by molar-refractivity contribution is -0.163. The lowest BCUT2D eigenvalue weighted by Gasteiger charge is -2.47. The minimum Gasteiger partial charge on any atom is -0.440 e. The molecule has 1 fully saturated rings. The van der Waals surface area contributed by atoms with E-state index in [2.05, 4.69) is 19.1 Å². The Hall–Kier alpha value is -2.12. The van der Waals surface area contributed by atoms with Crippen molar-refractivity contribution in [1.82, 2.24) is 0 Å². The third-order valence-corrected chi connectivity index (χ3v) is 5.52. The topological polar surface area (TPSA) is 76.1 Å². The van der Waals surface area contributed by atoms with Crippen LogP contribution in [0.3, 0.4) is 0 Å². The van der Waals surface area contributed by atoms with Crippen LogP contribution < -0.4 is 5.73 Å². The van der Waals surface area contributed by atoms with Crippen molar-refractivity contribution >= 4 is 5.97 Å². The second kappa shape index (κ2) is 6.07. The average Bonchev–Trinajstić information content (AvgIpc) is 2.91. The Kier molecular flexibility index (Phi) is 4.23. The molecule has 2 N–H and O–H groups in total. The Bertz CT molecular complexity index is 702. The quantitative estimate of drug-likeness (QED) is 0.510. The molecule has 1 aromatic rings.